The van der Waals surface area contributed by atoms with Gasteiger partial charge in [-0.05, 0) is 12.0 Å². The smallest absolute Gasteiger partial charge is 0.320 e. The molecule has 2 rings (SSSR count). The van der Waals surface area contributed by atoms with Crippen molar-refractivity contribution in [3.8, 4) is 0 Å². The van der Waals surface area contributed by atoms with E-state index in [-0.39, 0.29) is 0 Å². The predicted molar refractivity (Wildman–Crippen MR) is 65.2 cm³/mol. The van der Waals surface area contributed by atoms with Crippen LogP contribution in [0.5, 0.6) is 0 Å². The molecule has 1 heterocycles. The van der Waals surface area contributed by atoms with Gasteiger partial charge in [0.1, 0.15) is 11.9 Å². The van der Waals surface area contributed by atoms with E-state index in [4.69, 9.17) is 10.8 Å². The first kappa shape index (κ1) is 11.6. The summed E-state index contributed by atoms with van der Waals surface area (Å²) in [5.41, 5.74) is 7.42. The first-order valence-electron chi connectivity index (χ1n) is 5.53. The van der Waals surface area contributed by atoms with Gasteiger partial charge in [-0.3, -0.25) is 9.79 Å². The monoisotopic (exact) mass is 233 g/mol. The third-order valence-electron chi connectivity index (χ3n) is 2.67. The molecule has 0 radical (unpaired) electrons. The zero-order valence-corrected chi connectivity index (χ0v) is 9.39. The summed E-state index contributed by atoms with van der Waals surface area (Å²) in [5.74, 6) is -0.0741. The van der Waals surface area contributed by atoms with Gasteiger partial charge in [0.15, 0.2) is 0 Å². The lowest BCUT2D eigenvalue weighted by Gasteiger charge is -2.07. The van der Waals surface area contributed by atoms with Crippen LogP contribution in [0.2, 0.25) is 0 Å². The van der Waals surface area contributed by atoms with E-state index < -0.39 is 12.0 Å². The molecule has 5 heteroatoms. The number of aliphatic carboxylic acids is 1. The third kappa shape index (κ3) is 2.82. The quantitative estimate of drug-likeness (QED) is 0.682. The molecular weight excluding hydrogens is 218 g/mol. The highest BCUT2D eigenvalue weighted by atomic mass is 16.4. The lowest BCUT2D eigenvalue weighted by atomic mass is 10.0. The van der Waals surface area contributed by atoms with Crippen molar-refractivity contribution in [3.05, 3.63) is 35.4 Å². The van der Waals surface area contributed by atoms with Gasteiger partial charge < -0.3 is 16.2 Å². The number of benzene rings is 1. The highest BCUT2D eigenvalue weighted by Gasteiger charge is 2.12. The van der Waals surface area contributed by atoms with Crippen LogP contribution in [0.25, 0.3) is 0 Å². The SMILES string of the molecule is N[C@@H](Cc1ccc(C2=NCCN2)cc1)C(=O)O. The number of nitrogens with two attached hydrogens (primary N) is 1. The van der Waals surface area contributed by atoms with Gasteiger partial charge >= 0.3 is 5.97 Å². The van der Waals surface area contributed by atoms with Crippen molar-refractivity contribution in [1.82, 2.24) is 5.32 Å². The summed E-state index contributed by atoms with van der Waals surface area (Å²) in [4.78, 5) is 14.9. The Bertz CT molecular complexity index is 440. The Morgan fingerprint density at radius 3 is 2.71 bits per heavy atom. The van der Waals surface area contributed by atoms with Crippen LogP contribution in [0.15, 0.2) is 29.3 Å². The molecule has 1 aliphatic heterocycles. The number of hydrogen-bond donors (Lipinski definition) is 3. The number of rotatable bonds is 4. The molecule has 90 valence electrons. The second-order valence-electron chi connectivity index (χ2n) is 4.00. The van der Waals surface area contributed by atoms with Crippen molar-refractivity contribution >= 4 is 11.8 Å². The average molecular weight is 233 g/mol. The summed E-state index contributed by atoms with van der Waals surface area (Å²) in [6.45, 7) is 1.68. The molecule has 0 saturated heterocycles. The first-order valence-corrected chi connectivity index (χ1v) is 5.53. The van der Waals surface area contributed by atoms with E-state index >= 15 is 0 Å². The minimum Gasteiger partial charge on any atom is -0.480 e. The molecule has 0 spiro atoms. The van der Waals surface area contributed by atoms with Crippen molar-refractivity contribution in [2.45, 2.75) is 12.5 Å². The van der Waals surface area contributed by atoms with Crippen molar-refractivity contribution in [2.24, 2.45) is 10.7 Å². The average Bonchev–Trinajstić information content (AvgIpc) is 2.83. The van der Waals surface area contributed by atoms with Crippen LogP contribution < -0.4 is 11.1 Å². The van der Waals surface area contributed by atoms with Crippen molar-refractivity contribution in [2.75, 3.05) is 13.1 Å². The first-order chi connectivity index (χ1) is 8.16. The summed E-state index contributed by atoms with van der Waals surface area (Å²) < 4.78 is 0. The highest BCUT2D eigenvalue weighted by molar-refractivity contribution is 5.99. The number of aliphatic imine (C=N–C) groups is 1. The molecule has 0 aliphatic carbocycles. The van der Waals surface area contributed by atoms with Gasteiger partial charge in [-0.25, -0.2) is 0 Å². The Labute approximate surface area is 99.4 Å². The summed E-state index contributed by atoms with van der Waals surface area (Å²) in [5, 5.41) is 11.9. The Morgan fingerprint density at radius 2 is 2.18 bits per heavy atom. The van der Waals surface area contributed by atoms with Crippen LogP contribution in [0.1, 0.15) is 11.1 Å². The molecule has 4 N–H and O–H groups in total. The van der Waals surface area contributed by atoms with E-state index in [1.165, 1.54) is 0 Å². The van der Waals surface area contributed by atoms with Gasteiger partial charge in [0, 0.05) is 12.1 Å². The molecule has 5 nitrogen and oxygen atoms in total. The van der Waals surface area contributed by atoms with Gasteiger partial charge in [0.05, 0.1) is 6.54 Å². The predicted octanol–water partition coefficient (Wildman–Crippen LogP) is -0.00920. The second-order valence-corrected chi connectivity index (χ2v) is 4.00. The molecule has 1 aromatic rings. The summed E-state index contributed by atoms with van der Waals surface area (Å²) >= 11 is 0. The fraction of sp³-hybridized carbons (Fsp3) is 0.333. The fourth-order valence-electron chi connectivity index (χ4n) is 1.73. The van der Waals surface area contributed by atoms with Gasteiger partial charge in [-0.1, -0.05) is 24.3 Å². The maximum absolute atomic E-state index is 10.6. The number of carboxylic acid groups (broad SMARTS) is 1. The lowest BCUT2D eigenvalue weighted by molar-refractivity contribution is -0.138. The molecule has 17 heavy (non-hydrogen) atoms. The van der Waals surface area contributed by atoms with E-state index in [0.29, 0.717) is 6.42 Å². The number of amidine groups is 1. The molecule has 0 aromatic heterocycles. The molecule has 0 bridgehead atoms. The van der Waals surface area contributed by atoms with Gasteiger partial charge in [-0.2, -0.15) is 0 Å². The van der Waals surface area contributed by atoms with Gasteiger partial charge in [0.2, 0.25) is 0 Å². The molecule has 0 fully saturated rings. The minimum atomic E-state index is -0.976. The lowest BCUT2D eigenvalue weighted by Crippen LogP contribution is -2.32. The summed E-state index contributed by atoms with van der Waals surface area (Å²) in [6.07, 6.45) is 0.343. The van der Waals surface area contributed by atoms with E-state index in [2.05, 4.69) is 10.3 Å². The Morgan fingerprint density at radius 1 is 1.47 bits per heavy atom. The number of hydrogen-bond acceptors (Lipinski definition) is 4. The number of carboxylic acids is 1. The molecule has 0 saturated carbocycles. The molecular formula is C12H15N3O2. The van der Waals surface area contributed by atoms with Crippen LogP contribution >= 0.6 is 0 Å². The summed E-state index contributed by atoms with van der Waals surface area (Å²) in [7, 11) is 0. The molecule has 1 aromatic carbocycles. The minimum absolute atomic E-state index is 0.343. The number of nitrogens with one attached hydrogen (secondary N) is 1. The van der Waals surface area contributed by atoms with Crippen molar-refractivity contribution in [1.29, 1.82) is 0 Å². The van der Waals surface area contributed by atoms with E-state index in [1.807, 2.05) is 24.3 Å². The largest absolute Gasteiger partial charge is 0.480 e. The number of nitrogens with zero attached hydrogens (tertiary/aromatic N) is 1. The Balaban J connectivity index is 2.05. The summed E-state index contributed by atoms with van der Waals surface area (Å²) in [6, 6.07) is 6.80. The third-order valence-corrected chi connectivity index (χ3v) is 2.67. The second kappa shape index (κ2) is 4.97. The van der Waals surface area contributed by atoms with E-state index in [1.54, 1.807) is 0 Å². The standard InChI is InChI=1S/C12H15N3O2/c13-10(12(16)17)7-8-1-3-9(4-2-8)11-14-5-6-15-11/h1-4,10H,5-7,13H2,(H,14,15)(H,16,17)/t10-/m0/s1. The van der Waals surface area contributed by atoms with Gasteiger partial charge in [-0.15, -0.1) is 0 Å². The van der Waals surface area contributed by atoms with Crippen LogP contribution in [-0.2, 0) is 11.2 Å². The Kier molecular flexibility index (Phi) is 3.39. The molecule has 1 aliphatic rings. The topological polar surface area (TPSA) is 87.7 Å². The van der Waals surface area contributed by atoms with Crippen LogP contribution in [0.4, 0.5) is 0 Å². The fourth-order valence-corrected chi connectivity index (χ4v) is 1.73. The van der Waals surface area contributed by atoms with Crippen molar-refractivity contribution < 1.29 is 9.90 Å². The normalized spacial score (nSPS) is 16.2. The van der Waals surface area contributed by atoms with Crippen LogP contribution in [-0.4, -0.2) is 36.0 Å². The highest BCUT2D eigenvalue weighted by Crippen LogP contribution is 2.08. The maximum Gasteiger partial charge on any atom is 0.320 e. The zero-order valence-electron chi connectivity index (χ0n) is 9.39. The van der Waals surface area contributed by atoms with E-state index in [0.717, 1.165) is 30.1 Å². The molecule has 0 unspecified atom stereocenters. The van der Waals surface area contributed by atoms with Crippen molar-refractivity contribution in [3.63, 3.8) is 0 Å². The van der Waals surface area contributed by atoms with Crippen LogP contribution in [0, 0.1) is 0 Å². The molecule has 0 amide bonds. The van der Waals surface area contributed by atoms with Gasteiger partial charge in [0.25, 0.3) is 0 Å². The number of carbonyl (C=O) groups is 1. The molecule has 1 atom stereocenters. The zero-order chi connectivity index (χ0) is 12.3. The maximum atomic E-state index is 10.6. The Hall–Kier alpha value is -1.88. The van der Waals surface area contributed by atoms with Crippen LogP contribution in [0.3, 0.4) is 0 Å². The van der Waals surface area contributed by atoms with E-state index in [9.17, 15) is 4.79 Å².